The molecule has 0 aliphatic carbocycles. The maximum atomic E-state index is 12.4. The van der Waals surface area contributed by atoms with Gasteiger partial charge < -0.3 is 14.2 Å². The van der Waals surface area contributed by atoms with E-state index in [1.54, 1.807) is 19.1 Å². The van der Waals surface area contributed by atoms with E-state index in [0.717, 1.165) is 5.56 Å². The quantitative estimate of drug-likeness (QED) is 0.516. The standard InChI is InChI=1S/C16H25NO4S/c1-6-19-16(20-7-2,21-8-3)14(5)17-22(18)15-11-9-13(4)10-12-15/h9-12H,6-8H2,1-5H3/b17-14+/t22-/m1/s1. The Labute approximate surface area is 135 Å². The van der Waals surface area contributed by atoms with Crippen LogP contribution < -0.4 is 0 Å². The van der Waals surface area contributed by atoms with Crippen molar-refractivity contribution >= 4 is 16.7 Å². The summed E-state index contributed by atoms with van der Waals surface area (Å²) in [5, 5.41) is 0. The molecule has 0 aromatic heterocycles. The molecule has 6 heteroatoms. The normalized spacial score (nSPS) is 14.1. The van der Waals surface area contributed by atoms with Gasteiger partial charge in [0.05, 0.1) is 24.7 Å². The zero-order valence-corrected chi connectivity index (χ0v) is 14.7. The summed E-state index contributed by atoms with van der Waals surface area (Å²) >= 11 is 0. The molecule has 0 saturated carbocycles. The van der Waals surface area contributed by atoms with E-state index in [1.807, 2.05) is 39.8 Å². The maximum absolute atomic E-state index is 12.4. The van der Waals surface area contributed by atoms with Crippen molar-refractivity contribution in [3.8, 4) is 0 Å². The second-order valence-electron chi connectivity index (χ2n) is 4.59. The summed E-state index contributed by atoms with van der Waals surface area (Å²) in [5.41, 5.74) is 1.51. The number of aryl methyl sites for hydroxylation is 1. The fraction of sp³-hybridized carbons (Fsp3) is 0.562. The van der Waals surface area contributed by atoms with Crippen molar-refractivity contribution in [3.05, 3.63) is 29.8 Å². The van der Waals surface area contributed by atoms with Crippen molar-refractivity contribution in [1.82, 2.24) is 0 Å². The number of ether oxygens (including phenoxy) is 3. The third kappa shape index (κ3) is 4.98. The molecule has 0 aliphatic rings. The highest BCUT2D eigenvalue weighted by Gasteiger charge is 2.37. The van der Waals surface area contributed by atoms with Crippen LogP contribution in [0.15, 0.2) is 33.6 Å². The molecule has 0 radical (unpaired) electrons. The first-order valence-corrected chi connectivity index (χ1v) is 8.55. The average molecular weight is 327 g/mol. The highest BCUT2D eigenvalue weighted by Crippen LogP contribution is 2.20. The Bertz CT molecular complexity index is 496. The first kappa shape index (κ1) is 19.0. The zero-order chi connectivity index (χ0) is 16.6. The molecule has 0 unspecified atom stereocenters. The molecule has 0 bridgehead atoms. The molecular formula is C16H25NO4S. The summed E-state index contributed by atoms with van der Waals surface area (Å²) in [7, 11) is -1.53. The van der Waals surface area contributed by atoms with Gasteiger partial charge in [-0.15, -0.1) is 0 Å². The molecule has 0 N–H and O–H groups in total. The lowest BCUT2D eigenvalue weighted by molar-refractivity contribution is -0.331. The van der Waals surface area contributed by atoms with Gasteiger partial charge in [-0.25, -0.2) is 4.21 Å². The predicted molar refractivity (Wildman–Crippen MR) is 88.3 cm³/mol. The first-order chi connectivity index (χ1) is 10.5. The van der Waals surface area contributed by atoms with E-state index in [-0.39, 0.29) is 0 Å². The van der Waals surface area contributed by atoms with Gasteiger partial charge in [-0.2, -0.15) is 4.40 Å². The third-order valence-electron chi connectivity index (χ3n) is 2.89. The van der Waals surface area contributed by atoms with Crippen LogP contribution in [-0.4, -0.2) is 35.7 Å². The number of nitrogens with zero attached hydrogens (tertiary/aromatic N) is 1. The number of benzene rings is 1. The summed E-state index contributed by atoms with van der Waals surface area (Å²) in [5.74, 6) is -1.38. The van der Waals surface area contributed by atoms with Crippen molar-refractivity contribution < 1.29 is 18.4 Å². The lowest BCUT2D eigenvalue weighted by atomic mass is 10.2. The molecule has 1 rings (SSSR count). The van der Waals surface area contributed by atoms with Gasteiger partial charge in [0, 0.05) is 0 Å². The van der Waals surface area contributed by atoms with Crippen LogP contribution in [0.5, 0.6) is 0 Å². The predicted octanol–water partition coefficient (Wildman–Crippen LogP) is 3.24. The van der Waals surface area contributed by atoms with Crippen LogP contribution in [0.3, 0.4) is 0 Å². The highest BCUT2D eigenvalue weighted by molar-refractivity contribution is 7.83. The summed E-state index contributed by atoms with van der Waals surface area (Å²) in [6.45, 7) is 10.4. The minimum Gasteiger partial charge on any atom is -0.323 e. The van der Waals surface area contributed by atoms with Crippen molar-refractivity contribution in [3.63, 3.8) is 0 Å². The molecule has 22 heavy (non-hydrogen) atoms. The van der Waals surface area contributed by atoms with E-state index in [4.69, 9.17) is 14.2 Å². The highest BCUT2D eigenvalue weighted by atomic mass is 32.2. The molecule has 0 amide bonds. The van der Waals surface area contributed by atoms with Crippen LogP contribution in [0, 0.1) is 6.92 Å². The Morgan fingerprint density at radius 2 is 1.50 bits per heavy atom. The Hall–Kier alpha value is -1.08. The topological polar surface area (TPSA) is 57.1 Å². The van der Waals surface area contributed by atoms with Crippen LogP contribution >= 0.6 is 0 Å². The molecule has 5 nitrogen and oxygen atoms in total. The van der Waals surface area contributed by atoms with Crippen molar-refractivity contribution in [2.24, 2.45) is 4.40 Å². The minimum absolute atomic E-state index is 0.393. The molecule has 0 spiro atoms. The summed E-state index contributed by atoms with van der Waals surface area (Å²) < 4.78 is 33.5. The van der Waals surface area contributed by atoms with Crippen LogP contribution in [0.4, 0.5) is 0 Å². The van der Waals surface area contributed by atoms with E-state index < -0.39 is 17.0 Å². The number of hydrogen-bond donors (Lipinski definition) is 0. The van der Waals surface area contributed by atoms with E-state index >= 15 is 0 Å². The Kier molecular flexibility index (Phi) is 7.89. The molecule has 0 fully saturated rings. The molecule has 0 saturated heterocycles. The molecule has 1 aromatic rings. The third-order valence-corrected chi connectivity index (χ3v) is 4.00. The first-order valence-electron chi connectivity index (χ1n) is 7.45. The van der Waals surface area contributed by atoms with E-state index in [9.17, 15) is 4.21 Å². The Morgan fingerprint density at radius 3 is 1.91 bits per heavy atom. The molecular weight excluding hydrogens is 302 g/mol. The molecule has 0 heterocycles. The van der Waals surface area contributed by atoms with E-state index in [0.29, 0.717) is 30.4 Å². The Morgan fingerprint density at radius 1 is 1.05 bits per heavy atom. The minimum atomic E-state index is -1.53. The van der Waals surface area contributed by atoms with Crippen LogP contribution in [0.2, 0.25) is 0 Å². The molecule has 124 valence electrons. The lowest BCUT2D eigenvalue weighted by Gasteiger charge is -2.31. The molecule has 1 atom stereocenters. The van der Waals surface area contributed by atoms with Crippen LogP contribution in [-0.2, 0) is 25.2 Å². The summed E-state index contributed by atoms with van der Waals surface area (Å²) in [6, 6.07) is 7.40. The van der Waals surface area contributed by atoms with Gasteiger partial charge in [-0.1, -0.05) is 17.7 Å². The SMILES string of the molecule is CCOC(OCC)(OCC)/C(C)=N/[S@](=O)c1ccc(C)cc1. The van der Waals surface area contributed by atoms with E-state index in [2.05, 4.69) is 4.40 Å². The van der Waals surface area contributed by atoms with Gasteiger partial charge in [0.25, 0.3) is 0 Å². The maximum Gasteiger partial charge on any atom is 0.326 e. The lowest BCUT2D eigenvalue weighted by Crippen LogP contribution is -2.46. The van der Waals surface area contributed by atoms with Gasteiger partial charge in [0.2, 0.25) is 0 Å². The summed E-state index contributed by atoms with van der Waals surface area (Å²) in [4.78, 5) is 0.628. The summed E-state index contributed by atoms with van der Waals surface area (Å²) in [6.07, 6.45) is 0. The van der Waals surface area contributed by atoms with Gasteiger partial charge in [0.1, 0.15) is 5.71 Å². The fourth-order valence-electron chi connectivity index (χ4n) is 1.90. The monoisotopic (exact) mass is 327 g/mol. The molecule has 1 aromatic carbocycles. The van der Waals surface area contributed by atoms with Gasteiger partial charge in [-0.3, -0.25) is 0 Å². The zero-order valence-electron chi connectivity index (χ0n) is 13.9. The van der Waals surface area contributed by atoms with Gasteiger partial charge in [0.15, 0.2) is 11.0 Å². The number of hydrogen-bond acceptors (Lipinski definition) is 4. The van der Waals surface area contributed by atoms with Crippen molar-refractivity contribution in [1.29, 1.82) is 0 Å². The van der Waals surface area contributed by atoms with Crippen molar-refractivity contribution in [2.75, 3.05) is 19.8 Å². The average Bonchev–Trinajstić information content (AvgIpc) is 2.48. The largest absolute Gasteiger partial charge is 0.326 e. The number of rotatable bonds is 9. The van der Waals surface area contributed by atoms with Crippen LogP contribution in [0.25, 0.3) is 0 Å². The Balaban J connectivity index is 3.07. The van der Waals surface area contributed by atoms with Gasteiger partial charge >= 0.3 is 5.97 Å². The van der Waals surface area contributed by atoms with Crippen molar-refractivity contribution in [2.45, 2.75) is 45.5 Å². The second-order valence-corrected chi connectivity index (χ2v) is 5.75. The van der Waals surface area contributed by atoms with E-state index in [1.165, 1.54) is 0 Å². The second kappa shape index (κ2) is 9.15. The fourth-order valence-corrected chi connectivity index (χ4v) is 2.73. The van der Waals surface area contributed by atoms with Gasteiger partial charge in [-0.05, 0) is 46.8 Å². The smallest absolute Gasteiger partial charge is 0.323 e. The molecule has 0 aliphatic heterocycles. The van der Waals surface area contributed by atoms with Crippen LogP contribution in [0.1, 0.15) is 33.3 Å².